The van der Waals surface area contributed by atoms with Gasteiger partial charge in [-0.05, 0) is 50.0 Å². The molecular formula is C34H44N6O5. The van der Waals surface area contributed by atoms with Crippen molar-refractivity contribution in [3.63, 3.8) is 0 Å². The van der Waals surface area contributed by atoms with Crippen molar-refractivity contribution in [3.05, 3.63) is 81.0 Å². The molecule has 2 aromatic heterocycles. The molecule has 2 aliphatic rings. The fourth-order valence-corrected chi connectivity index (χ4v) is 6.03. The highest BCUT2D eigenvalue weighted by molar-refractivity contribution is 5.95. The van der Waals surface area contributed by atoms with Crippen LogP contribution >= 0.6 is 0 Å². The van der Waals surface area contributed by atoms with Crippen LogP contribution in [0.15, 0.2) is 47.4 Å². The molecule has 5 rings (SSSR count). The van der Waals surface area contributed by atoms with Gasteiger partial charge in [0.25, 0.3) is 11.8 Å². The maximum Gasteiger partial charge on any atom is 0.274 e. The first-order chi connectivity index (χ1) is 21.7. The highest BCUT2D eigenvalue weighted by Crippen LogP contribution is 2.26. The first-order valence-electron chi connectivity index (χ1n) is 16.0. The number of hydrogen-bond acceptors (Lipinski definition) is 6. The Hall–Kier alpha value is -4.41. The van der Waals surface area contributed by atoms with Gasteiger partial charge in [0.15, 0.2) is 17.1 Å². The summed E-state index contributed by atoms with van der Waals surface area (Å²) in [5.41, 5.74) is 3.09. The molecule has 1 aliphatic heterocycles. The maximum atomic E-state index is 14.0. The van der Waals surface area contributed by atoms with Gasteiger partial charge >= 0.3 is 0 Å². The highest BCUT2D eigenvalue weighted by atomic mass is 16.5. The average molecular weight is 617 g/mol. The molecule has 2 bridgehead atoms. The van der Waals surface area contributed by atoms with Crippen LogP contribution in [-0.4, -0.2) is 62.6 Å². The molecule has 45 heavy (non-hydrogen) atoms. The van der Waals surface area contributed by atoms with Crippen LogP contribution in [0.1, 0.15) is 83.7 Å². The average Bonchev–Trinajstić information content (AvgIpc) is 3.39. The van der Waals surface area contributed by atoms with E-state index in [1.165, 1.54) is 6.07 Å². The minimum atomic E-state index is -0.378. The van der Waals surface area contributed by atoms with Gasteiger partial charge in [0.1, 0.15) is 6.61 Å². The molecule has 1 unspecified atom stereocenters. The summed E-state index contributed by atoms with van der Waals surface area (Å²) in [5.74, 6) is -0.174. The molecule has 3 aromatic rings. The Morgan fingerprint density at radius 1 is 1.07 bits per heavy atom. The van der Waals surface area contributed by atoms with Crippen LogP contribution in [-0.2, 0) is 37.8 Å². The second-order valence-corrected chi connectivity index (χ2v) is 12.4. The molecule has 11 nitrogen and oxygen atoms in total. The van der Waals surface area contributed by atoms with Gasteiger partial charge in [-0.15, -0.1) is 0 Å². The number of fused-ring (bicyclic) bond motifs is 1. The van der Waals surface area contributed by atoms with Crippen LogP contribution in [0.5, 0.6) is 5.75 Å². The molecule has 0 saturated heterocycles. The predicted octanol–water partition coefficient (Wildman–Crippen LogP) is 3.24. The third-order valence-corrected chi connectivity index (χ3v) is 8.52. The van der Waals surface area contributed by atoms with Crippen LogP contribution in [0, 0.1) is 5.92 Å². The zero-order valence-electron chi connectivity index (χ0n) is 26.5. The second kappa shape index (κ2) is 14.6. The van der Waals surface area contributed by atoms with Crippen molar-refractivity contribution in [2.24, 2.45) is 13.0 Å². The van der Waals surface area contributed by atoms with Crippen LogP contribution in [0.2, 0.25) is 0 Å². The highest BCUT2D eigenvalue weighted by Gasteiger charge is 2.30. The fraction of sp³-hybridized carbons (Fsp3) is 0.500. The molecule has 1 atom stereocenters. The first kappa shape index (κ1) is 32.0. The van der Waals surface area contributed by atoms with E-state index in [4.69, 9.17) is 9.84 Å². The molecule has 3 heterocycles. The van der Waals surface area contributed by atoms with E-state index in [-0.39, 0.29) is 53.7 Å². The molecule has 2 N–H and O–H groups in total. The Balaban J connectivity index is 1.35. The Morgan fingerprint density at radius 2 is 1.84 bits per heavy atom. The SMILES string of the molecule is CC(C)CCn1nc2c3c1CCC(C3)NC(=O)CCCN(C(=O)c1c(OCc3ccccc3)c(=O)ccn1C)CCCNC2=O. The molecule has 11 heteroatoms. The Bertz CT molecular complexity index is 1580. The van der Waals surface area contributed by atoms with E-state index in [1.54, 1.807) is 22.7 Å². The number of rotatable bonds is 7. The van der Waals surface area contributed by atoms with Gasteiger partial charge in [0.05, 0.1) is 0 Å². The lowest BCUT2D eigenvalue weighted by atomic mass is 9.91. The van der Waals surface area contributed by atoms with Crippen LogP contribution in [0.3, 0.4) is 0 Å². The number of aromatic nitrogens is 3. The third-order valence-electron chi connectivity index (χ3n) is 8.52. The van der Waals surface area contributed by atoms with Crippen molar-refractivity contribution in [2.75, 3.05) is 19.6 Å². The second-order valence-electron chi connectivity index (χ2n) is 12.4. The summed E-state index contributed by atoms with van der Waals surface area (Å²) in [6.07, 6.45) is 5.84. The molecular weight excluding hydrogens is 572 g/mol. The maximum absolute atomic E-state index is 14.0. The van der Waals surface area contributed by atoms with Crippen LogP contribution < -0.4 is 20.8 Å². The lowest BCUT2D eigenvalue weighted by Gasteiger charge is -2.26. The van der Waals surface area contributed by atoms with Crippen molar-refractivity contribution in [3.8, 4) is 5.75 Å². The van der Waals surface area contributed by atoms with Gasteiger partial charge in [-0.3, -0.25) is 23.9 Å². The number of nitrogens with one attached hydrogen (secondary N) is 2. The van der Waals surface area contributed by atoms with Gasteiger partial charge in [-0.25, -0.2) is 0 Å². The summed E-state index contributed by atoms with van der Waals surface area (Å²) in [6, 6.07) is 10.8. The fourth-order valence-electron chi connectivity index (χ4n) is 6.03. The lowest BCUT2D eigenvalue weighted by Crippen LogP contribution is -2.40. The van der Waals surface area contributed by atoms with Crippen LogP contribution in [0.4, 0.5) is 0 Å². The number of aryl methyl sites for hydroxylation is 2. The lowest BCUT2D eigenvalue weighted by molar-refractivity contribution is -0.122. The quantitative estimate of drug-likeness (QED) is 0.420. The Kier molecular flexibility index (Phi) is 10.4. The number of benzene rings is 1. The van der Waals surface area contributed by atoms with Gasteiger partial charge in [0.2, 0.25) is 11.3 Å². The molecule has 1 aliphatic carbocycles. The van der Waals surface area contributed by atoms with E-state index in [0.717, 1.165) is 42.6 Å². The minimum absolute atomic E-state index is 0.00610. The largest absolute Gasteiger partial charge is 0.483 e. The summed E-state index contributed by atoms with van der Waals surface area (Å²) < 4.78 is 9.52. The molecule has 0 fully saturated rings. The summed E-state index contributed by atoms with van der Waals surface area (Å²) in [6.45, 7) is 6.23. The van der Waals surface area contributed by atoms with E-state index in [9.17, 15) is 19.2 Å². The number of carbonyl (C=O) groups excluding carboxylic acids is 3. The van der Waals surface area contributed by atoms with E-state index < -0.39 is 0 Å². The van der Waals surface area contributed by atoms with E-state index in [2.05, 4.69) is 24.5 Å². The Morgan fingerprint density at radius 3 is 2.62 bits per heavy atom. The molecule has 3 amide bonds. The van der Waals surface area contributed by atoms with E-state index in [0.29, 0.717) is 50.5 Å². The monoisotopic (exact) mass is 616 g/mol. The molecule has 240 valence electrons. The van der Waals surface area contributed by atoms with Gasteiger partial charge in [0, 0.05) is 69.2 Å². The van der Waals surface area contributed by atoms with Gasteiger partial charge < -0.3 is 24.8 Å². The number of ether oxygens (including phenoxy) is 1. The van der Waals surface area contributed by atoms with E-state index >= 15 is 0 Å². The summed E-state index contributed by atoms with van der Waals surface area (Å²) in [5, 5.41) is 10.9. The summed E-state index contributed by atoms with van der Waals surface area (Å²) in [4.78, 5) is 55.0. The van der Waals surface area contributed by atoms with Crippen molar-refractivity contribution >= 4 is 17.7 Å². The molecule has 0 spiro atoms. The summed E-state index contributed by atoms with van der Waals surface area (Å²) >= 11 is 0. The Labute approximate surface area is 263 Å². The minimum Gasteiger partial charge on any atom is -0.483 e. The number of hydrogen-bond donors (Lipinski definition) is 2. The van der Waals surface area contributed by atoms with E-state index in [1.807, 2.05) is 35.0 Å². The molecule has 0 saturated carbocycles. The predicted molar refractivity (Wildman–Crippen MR) is 170 cm³/mol. The summed E-state index contributed by atoms with van der Waals surface area (Å²) in [7, 11) is 1.71. The third kappa shape index (κ3) is 7.82. The number of nitrogens with zero attached hydrogens (tertiary/aromatic N) is 4. The number of pyridine rings is 1. The molecule has 1 aromatic carbocycles. The standard InChI is InChI=1S/C34H44N6O5/c1-23(2)14-20-40-27-13-12-25-21-26(27)30(37-40)33(43)35-16-8-18-39(17-7-11-29(42)36-25)34(44)31-32(28(41)15-19-38(31)3)45-22-24-9-5-4-6-10-24/h4-6,9-10,15,19,23,25H,7-8,11-14,16-18,20-22H2,1-3H3,(H,35,43)(H,36,42). The van der Waals surface area contributed by atoms with Crippen molar-refractivity contribution in [1.29, 1.82) is 0 Å². The van der Waals surface area contributed by atoms with Crippen molar-refractivity contribution in [2.45, 2.75) is 78.0 Å². The number of amides is 3. The first-order valence-corrected chi connectivity index (χ1v) is 16.0. The smallest absolute Gasteiger partial charge is 0.274 e. The van der Waals surface area contributed by atoms with Crippen molar-refractivity contribution in [1.82, 2.24) is 29.9 Å². The number of carbonyl (C=O) groups is 3. The van der Waals surface area contributed by atoms with Crippen LogP contribution in [0.25, 0.3) is 0 Å². The zero-order chi connectivity index (χ0) is 31.9. The zero-order valence-corrected chi connectivity index (χ0v) is 26.5. The van der Waals surface area contributed by atoms with Gasteiger partial charge in [-0.1, -0.05) is 44.2 Å². The van der Waals surface area contributed by atoms with Crippen molar-refractivity contribution < 1.29 is 19.1 Å². The molecule has 0 radical (unpaired) electrons. The van der Waals surface area contributed by atoms with Gasteiger partial charge in [-0.2, -0.15) is 5.10 Å². The normalized spacial score (nSPS) is 17.7. The topological polar surface area (TPSA) is 128 Å².